The van der Waals surface area contributed by atoms with Crippen molar-refractivity contribution >= 4 is 110 Å². The van der Waals surface area contributed by atoms with Gasteiger partial charge in [0.15, 0.2) is 0 Å². The van der Waals surface area contributed by atoms with E-state index in [1.54, 1.807) is 27.7 Å². The molecule has 6 aromatic heterocycles. The van der Waals surface area contributed by atoms with Crippen molar-refractivity contribution in [2.24, 2.45) is 0 Å². The van der Waals surface area contributed by atoms with Gasteiger partial charge in [-0.3, -0.25) is 9.80 Å². The van der Waals surface area contributed by atoms with Crippen molar-refractivity contribution in [3.63, 3.8) is 0 Å². The zero-order valence-corrected chi connectivity index (χ0v) is 70.4. The number of piperidine rings is 2. The molecule has 546 valence electrons. The first-order valence-corrected chi connectivity index (χ1v) is 54.6. The molecule has 4 aromatic carbocycles. The van der Waals surface area contributed by atoms with E-state index >= 15 is 0 Å². The maximum atomic E-state index is 10.7. The molecule has 4 atom stereocenters. The second-order valence-electron chi connectivity index (χ2n) is 30.7. The minimum absolute atomic E-state index is 0.0416. The fraction of sp³-hybridized carbons (Fsp3) is 0.475. The summed E-state index contributed by atoms with van der Waals surface area (Å²) in [7, 11) is -2.34. The summed E-state index contributed by atoms with van der Waals surface area (Å²) in [5.74, 6) is 1.17. The molecule has 0 radical (unpaired) electrons. The summed E-state index contributed by atoms with van der Waals surface area (Å²) in [6.45, 7) is 32.4. The third kappa shape index (κ3) is 23.0. The Hall–Kier alpha value is -5.55. The summed E-state index contributed by atoms with van der Waals surface area (Å²) in [4.78, 5) is 33.2. The molecule has 8 heterocycles. The van der Waals surface area contributed by atoms with Crippen molar-refractivity contribution in [2.45, 2.75) is 202 Å². The van der Waals surface area contributed by atoms with Gasteiger partial charge in [0.05, 0.1) is 34.6 Å². The molecular weight excluding hydrogens is 1510 g/mol. The smallest absolute Gasteiger partial charge is 0.223 e. The van der Waals surface area contributed by atoms with Gasteiger partial charge in [-0.25, -0.2) is 24.9 Å². The second kappa shape index (κ2) is 38.1. The fourth-order valence-electron chi connectivity index (χ4n) is 13.9. The normalized spacial score (nSPS) is 17.0. The van der Waals surface area contributed by atoms with Crippen LogP contribution in [0, 0.1) is 13.8 Å². The number of nitrogens with one attached hydrogen (secondary N) is 2. The summed E-state index contributed by atoms with van der Waals surface area (Å²) in [6, 6.07) is 36.1. The minimum Gasteiger partial charge on any atom is -0.392 e. The molecule has 12 rings (SSSR count). The van der Waals surface area contributed by atoms with Gasteiger partial charge in [-0.15, -0.1) is 11.3 Å². The Morgan fingerprint density at radius 3 is 1.47 bits per heavy atom. The van der Waals surface area contributed by atoms with Crippen LogP contribution < -0.4 is 13.7 Å². The largest absolute Gasteiger partial charge is 0.392 e. The van der Waals surface area contributed by atoms with E-state index in [-0.39, 0.29) is 12.1 Å². The van der Waals surface area contributed by atoms with Crippen molar-refractivity contribution in [3.05, 3.63) is 172 Å². The average molecular weight is 1620 g/mol. The Balaban J connectivity index is 0.000000178. The molecule has 4 N–H and O–H groups in total. The first kappa shape index (κ1) is 79.0. The summed E-state index contributed by atoms with van der Waals surface area (Å²) in [6.07, 6.45) is 20.9. The topological polar surface area (TPSA) is 177 Å². The van der Waals surface area contributed by atoms with Crippen molar-refractivity contribution in [2.75, 3.05) is 50.0 Å². The van der Waals surface area contributed by atoms with Crippen LogP contribution in [-0.4, -0.2) is 157 Å². The molecule has 2 saturated heterocycles. The number of thiazole rings is 2. The molecule has 0 spiro atoms. The number of benzene rings is 4. The maximum absolute atomic E-state index is 10.7. The number of β-amino-alcohol motifs (C(OH)–C–C–N with tert-alkyl or cyclic N) is 2. The molecular formula is C80H111BrN12O4S2Si2Sn. The molecule has 0 saturated carbocycles. The van der Waals surface area contributed by atoms with Gasteiger partial charge < -0.3 is 39.5 Å². The molecule has 0 bridgehead atoms. The maximum Gasteiger partial charge on any atom is 0.223 e. The fourth-order valence-corrected chi connectivity index (χ4v) is 35.5. The SMILES string of the molecule is CCC[CH2][Sn]([CH2]CCC)([CH2]CCC)[c]1nccs1.Cc1cnc(N[C@H]2C[C@@H](O)CN(Cc3ccccc3)C2)nc1-c1cn(COCC[Si](C)(C)C)c2cc(-c3nccs3)ccc12.Cc1cnc(N[C@H]2C[C@@H](O)CN(Cc3ccccc3)C2)nc1-c1cn(COCC[Si](C)(C)C)c2cc(Br)ccc12. The van der Waals surface area contributed by atoms with Crippen LogP contribution in [0.2, 0.25) is 64.7 Å². The monoisotopic (exact) mass is 1620 g/mol. The number of anilines is 2. The van der Waals surface area contributed by atoms with Crippen LogP contribution in [0.3, 0.4) is 0 Å². The standard InChI is InChI=1S/C34H42N6O2SSi.C31H40BrN5O2Si.3C4H9.C3H2NS.Sn/c1-24-18-36-34(37-27-17-28(41)21-39(20-27)19-25-8-6-5-7-9-25)38-32(24)30-22-40(23-42-13-15-44(2,3)4)31-16-26(10-11-29(30)31)33-35-12-14-43-33;1-22-16-33-31(34-25-15-26(38)19-36(18-25)17-23-8-6-5-7-9-23)35-30(22)28-20-37(21-39-12-13-40(2,3)4)29-14-24(32)10-11-27(28)29;3*1-3-4-2;1-2-5-3-4-1;/h5-12,14,16,18,22,27-28,41H,13,15,17,19-21,23H2,1-4H3,(H,36,37,38);5-11,14,16,20,25-26,38H,12-13,15,17-19,21H2,1-4H3,(H,33,34,35);3*1,3-4H2,2H3;1-2H;/t27-,28+;25-,26+;;;;;/m00...../s1. The molecule has 2 aliphatic rings. The molecule has 2 aliphatic heterocycles. The number of hydrogen-bond donors (Lipinski definition) is 4. The van der Waals surface area contributed by atoms with Gasteiger partial charge in [0.2, 0.25) is 11.9 Å². The first-order chi connectivity index (χ1) is 49.1. The van der Waals surface area contributed by atoms with E-state index < -0.39 is 46.7 Å². The second-order valence-corrected chi connectivity index (χ2v) is 58.6. The minimum atomic E-state index is -2.12. The third-order valence-electron chi connectivity index (χ3n) is 19.4. The molecule has 10 aromatic rings. The predicted octanol–water partition coefficient (Wildman–Crippen LogP) is 18.6. The van der Waals surface area contributed by atoms with Crippen LogP contribution in [0.4, 0.5) is 11.9 Å². The van der Waals surface area contributed by atoms with Crippen molar-refractivity contribution in [3.8, 4) is 33.1 Å². The van der Waals surface area contributed by atoms with Gasteiger partial charge in [-0.05, 0) is 79.2 Å². The van der Waals surface area contributed by atoms with Gasteiger partial charge in [0, 0.05) is 149 Å². The number of rotatable bonds is 31. The molecule has 16 nitrogen and oxygen atoms in total. The Morgan fingerprint density at radius 2 is 1.03 bits per heavy atom. The number of halogens is 1. The summed E-state index contributed by atoms with van der Waals surface area (Å²) >= 11 is 5.12. The van der Waals surface area contributed by atoms with E-state index in [9.17, 15) is 10.2 Å². The van der Waals surface area contributed by atoms with Crippen LogP contribution >= 0.6 is 38.6 Å². The number of likely N-dealkylation sites (tertiary alicyclic amines) is 2. The molecule has 0 amide bonds. The number of aliphatic hydroxyl groups excluding tert-OH is 2. The van der Waals surface area contributed by atoms with Gasteiger partial charge in [-0.2, -0.15) is 0 Å². The summed E-state index contributed by atoms with van der Waals surface area (Å²) in [5.41, 5.74) is 11.7. The number of ether oxygens (including phenoxy) is 2. The number of fused-ring (bicyclic) bond motifs is 2. The number of unbranched alkanes of at least 4 members (excludes halogenated alkanes) is 3. The Bertz CT molecular complexity index is 4150. The Labute approximate surface area is 629 Å². The van der Waals surface area contributed by atoms with E-state index in [0.29, 0.717) is 51.3 Å². The molecule has 0 aliphatic carbocycles. The van der Waals surface area contributed by atoms with E-state index in [4.69, 9.17) is 24.4 Å². The molecule has 2 fully saturated rings. The predicted molar refractivity (Wildman–Crippen MR) is 439 cm³/mol. The van der Waals surface area contributed by atoms with Gasteiger partial charge in [0.1, 0.15) is 18.5 Å². The van der Waals surface area contributed by atoms with Crippen LogP contribution in [-0.2, 0) is 36.0 Å². The first-order valence-electron chi connectivity index (χ1n) is 37.1. The van der Waals surface area contributed by atoms with Crippen molar-refractivity contribution in [1.29, 1.82) is 0 Å². The van der Waals surface area contributed by atoms with Crippen molar-refractivity contribution < 1.29 is 19.7 Å². The number of nitrogens with zero attached hydrogens (tertiary/aromatic N) is 10. The third-order valence-corrected chi connectivity index (χ3v) is 42.8. The van der Waals surface area contributed by atoms with Gasteiger partial charge >= 0.3 is 122 Å². The Morgan fingerprint density at radius 1 is 0.569 bits per heavy atom. The van der Waals surface area contributed by atoms with E-state index in [2.05, 4.69) is 237 Å². The Kier molecular flexibility index (Phi) is 29.5. The van der Waals surface area contributed by atoms with Crippen LogP contribution in [0.25, 0.3) is 54.9 Å². The molecule has 22 heteroatoms. The quantitative estimate of drug-likeness (QED) is 0.0238. The van der Waals surface area contributed by atoms with E-state index in [1.165, 1.54) is 49.7 Å². The molecule has 0 unspecified atom stereocenters. The molecule has 102 heavy (non-hydrogen) atoms. The van der Waals surface area contributed by atoms with E-state index in [1.807, 2.05) is 53.6 Å². The zero-order chi connectivity index (χ0) is 72.2. The average Bonchev–Trinajstić information content (AvgIpc) is 1.62. The summed E-state index contributed by atoms with van der Waals surface area (Å²) in [5, 5.41) is 35.8. The van der Waals surface area contributed by atoms with Gasteiger partial charge in [-0.1, -0.05) is 134 Å². The summed E-state index contributed by atoms with van der Waals surface area (Å²) < 4.78 is 24.0. The van der Waals surface area contributed by atoms with Crippen LogP contribution in [0.1, 0.15) is 94.4 Å². The number of aliphatic hydroxyl groups is 2. The van der Waals surface area contributed by atoms with Crippen molar-refractivity contribution in [1.82, 2.24) is 48.8 Å². The van der Waals surface area contributed by atoms with Gasteiger partial charge in [0.25, 0.3) is 0 Å². The van der Waals surface area contributed by atoms with Crippen LogP contribution in [0.15, 0.2) is 149 Å². The number of aryl methyl sites for hydroxylation is 2. The number of aromatic nitrogens is 8. The van der Waals surface area contributed by atoms with Crippen LogP contribution in [0.5, 0.6) is 0 Å². The zero-order valence-electron chi connectivity index (χ0n) is 62.3. The number of hydrogen-bond acceptors (Lipinski definition) is 16. The van der Waals surface area contributed by atoms with E-state index in [0.717, 1.165) is 122 Å².